The summed E-state index contributed by atoms with van der Waals surface area (Å²) < 4.78 is 19.5. The molecule has 0 bridgehead atoms. The molecule has 1 heterocycles. The van der Waals surface area contributed by atoms with Crippen molar-refractivity contribution in [2.75, 3.05) is 0 Å². The molecule has 6 nitrogen and oxygen atoms in total. The smallest absolute Gasteiger partial charge is 0.468 e. The van der Waals surface area contributed by atoms with Gasteiger partial charge in [0.2, 0.25) is 0 Å². The van der Waals surface area contributed by atoms with E-state index >= 15 is 0 Å². The van der Waals surface area contributed by atoms with Crippen molar-refractivity contribution in [1.29, 1.82) is 0 Å². The van der Waals surface area contributed by atoms with Gasteiger partial charge in [-0.15, -0.1) is 0 Å². The molecule has 0 saturated heterocycles. The van der Waals surface area contributed by atoms with Crippen LogP contribution in [0, 0.1) is 0 Å². The van der Waals surface area contributed by atoms with E-state index in [4.69, 9.17) is 19.9 Å². The normalized spacial score (nSPS) is 11.9. The summed E-state index contributed by atoms with van der Waals surface area (Å²) in [5, 5.41) is 0. The van der Waals surface area contributed by atoms with Gasteiger partial charge < -0.3 is 19.9 Å². The topological polar surface area (TPSA) is 106 Å². The Bertz CT molecular complexity index is 317. The zero-order valence-corrected chi connectivity index (χ0v) is 7.61. The van der Waals surface area contributed by atoms with Gasteiger partial charge in [0.25, 0.3) is 0 Å². The molecule has 0 fully saturated rings. The van der Waals surface area contributed by atoms with Crippen LogP contribution in [0.5, 0.6) is 0 Å². The molecule has 0 spiro atoms. The molecular weight excluding hydrogens is 197 g/mol. The van der Waals surface area contributed by atoms with Crippen molar-refractivity contribution in [2.45, 2.75) is 13.2 Å². The van der Waals surface area contributed by atoms with Gasteiger partial charge in [0.1, 0.15) is 5.76 Å². The van der Waals surface area contributed by atoms with Crippen molar-refractivity contribution >= 4 is 7.82 Å². The Morgan fingerprint density at radius 3 is 2.77 bits per heavy atom. The minimum absolute atomic E-state index is 0.187. The van der Waals surface area contributed by atoms with Crippen LogP contribution in [0.15, 0.2) is 16.7 Å². The lowest BCUT2D eigenvalue weighted by atomic mass is 10.3. The molecule has 4 N–H and O–H groups in total. The largest absolute Gasteiger partial charge is 0.469 e. The van der Waals surface area contributed by atoms with E-state index in [0.717, 1.165) is 0 Å². The first-order chi connectivity index (χ1) is 6.01. The van der Waals surface area contributed by atoms with Gasteiger partial charge >= 0.3 is 7.82 Å². The van der Waals surface area contributed by atoms with Gasteiger partial charge in [-0.1, -0.05) is 0 Å². The van der Waals surface area contributed by atoms with Gasteiger partial charge in [0.15, 0.2) is 0 Å². The van der Waals surface area contributed by atoms with Crippen LogP contribution < -0.4 is 5.73 Å². The maximum atomic E-state index is 10.3. The van der Waals surface area contributed by atoms with E-state index in [2.05, 4.69) is 4.52 Å². The molecule has 7 heteroatoms. The van der Waals surface area contributed by atoms with E-state index in [1.165, 1.54) is 6.26 Å². The molecule has 0 radical (unpaired) electrons. The summed E-state index contributed by atoms with van der Waals surface area (Å²) in [5.74, 6) is 0.546. The van der Waals surface area contributed by atoms with E-state index in [9.17, 15) is 4.57 Å². The number of hydrogen-bond acceptors (Lipinski definition) is 4. The highest BCUT2D eigenvalue weighted by molar-refractivity contribution is 7.46. The van der Waals surface area contributed by atoms with Crippen LogP contribution in [0.25, 0.3) is 0 Å². The first kappa shape index (κ1) is 10.4. The minimum Gasteiger partial charge on any atom is -0.468 e. The number of phosphoric ester groups is 1. The summed E-state index contributed by atoms with van der Waals surface area (Å²) in [6, 6.07) is 1.58. The molecule has 0 saturated carbocycles. The fraction of sp³-hybridized carbons (Fsp3) is 0.333. The average molecular weight is 207 g/mol. The van der Waals surface area contributed by atoms with Gasteiger partial charge in [-0.25, -0.2) is 4.57 Å². The summed E-state index contributed by atoms with van der Waals surface area (Å²) in [5.41, 5.74) is 5.80. The summed E-state index contributed by atoms with van der Waals surface area (Å²) in [6.07, 6.45) is 1.35. The first-order valence-electron chi connectivity index (χ1n) is 3.48. The predicted octanol–water partition coefficient (Wildman–Crippen LogP) is 0.348. The maximum absolute atomic E-state index is 10.3. The van der Waals surface area contributed by atoms with Crippen molar-refractivity contribution < 1.29 is 23.3 Å². The third-order valence-electron chi connectivity index (χ3n) is 1.31. The monoisotopic (exact) mass is 207 g/mol. The van der Waals surface area contributed by atoms with Gasteiger partial charge in [0, 0.05) is 5.56 Å². The SMILES string of the molecule is NCc1cc(COP(=O)(O)O)co1. The van der Waals surface area contributed by atoms with Crippen LogP contribution in [0.2, 0.25) is 0 Å². The van der Waals surface area contributed by atoms with Crippen LogP contribution in [-0.4, -0.2) is 9.79 Å². The number of furan rings is 1. The lowest BCUT2D eigenvalue weighted by molar-refractivity contribution is 0.188. The summed E-state index contributed by atoms with van der Waals surface area (Å²) in [6.45, 7) is 0.0592. The van der Waals surface area contributed by atoms with Crippen LogP contribution in [0.3, 0.4) is 0 Å². The molecule has 0 aliphatic rings. The van der Waals surface area contributed by atoms with Crippen molar-refractivity contribution in [2.24, 2.45) is 5.73 Å². The highest BCUT2D eigenvalue weighted by Crippen LogP contribution is 2.36. The Morgan fingerprint density at radius 1 is 1.62 bits per heavy atom. The maximum Gasteiger partial charge on any atom is 0.469 e. The molecule has 0 aliphatic carbocycles. The second-order valence-electron chi connectivity index (χ2n) is 2.39. The van der Waals surface area contributed by atoms with E-state index in [0.29, 0.717) is 11.3 Å². The fourth-order valence-electron chi connectivity index (χ4n) is 0.768. The van der Waals surface area contributed by atoms with E-state index < -0.39 is 7.82 Å². The van der Waals surface area contributed by atoms with Crippen LogP contribution >= 0.6 is 7.82 Å². The molecule has 0 unspecified atom stereocenters. The van der Waals surface area contributed by atoms with Crippen molar-refractivity contribution in [1.82, 2.24) is 0 Å². The first-order valence-corrected chi connectivity index (χ1v) is 5.01. The molecule has 1 aromatic rings. The second kappa shape index (κ2) is 4.04. The van der Waals surface area contributed by atoms with Crippen LogP contribution in [0.4, 0.5) is 0 Å². The van der Waals surface area contributed by atoms with Gasteiger partial charge in [-0.2, -0.15) is 0 Å². The summed E-state index contributed by atoms with van der Waals surface area (Å²) in [7, 11) is -4.40. The Morgan fingerprint density at radius 2 is 2.31 bits per heavy atom. The molecule has 0 aromatic carbocycles. The number of phosphoric acid groups is 1. The zero-order valence-electron chi connectivity index (χ0n) is 6.71. The third-order valence-corrected chi connectivity index (χ3v) is 1.77. The Balaban J connectivity index is 2.50. The molecule has 0 aliphatic heterocycles. The fourth-order valence-corrected chi connectivity index (χ4v) is 1.08. The molecular formula is C6H10NO5P. The number of hydrogen-bond donors (Lipinski definition) is 3. The summed E-state index contributed by atoms with van der Waals surface area (Å²) >= 11 is 0. The standard InChI is InChI=1S/C6H10NO5P/c7-2-6-1-5(3-11-6)4-12-13(8,9)10/h1,3H,2,4,7H2,(H2,8,9,10). The summed E-state index contributed by atoms with van der Waals surface area (Å²) in [4.78, 5) is 16.8. The van der Waals surface area contributed by atoms with E-state index in [-0.39, 0.29) is 13.2 Å². The quantitative estimate of drug-likeness (QED) is 0.615. The lowest BCUT2D eigenvalue weighted by Gasteiger charge is -2.01. The minimum atomic E-state index is -4.40. The van der Waals surface area contributed by atoms with E-state index in [1.807, 2.05) is 0 Å². The van der Waals surface area contributed by atoms with Gasteiger partial charge in [0.05, 0.1) is 19.4 Å². The number of rotatable bonds is 4. The Hall–Kier alpha value is -0.650. The van der Waals surface area contributed by atoms with Crippen molar-refractivity contribution in [3.8, 4) is 0 Å². The van der Waals surface area contributed by atoms with Crippen LogP contribution in [0.1, 0.15) is 11.3 Å². The predicted molar refractivity (Wildman–Crippen MR) is 43.4 cm³/mol. The highest BCUT2D eigenvalue weighted by atomic mass is 31.2. The molecule has 13 heavy (non-hydrogen) atoms. The average Bonchev–Trinajstić information content (AvgIpc) is 2.47. The Labute approximate surface area is 74.5 Å². The zero-order chi connectivity index (χ0) is 9.90. The molecule has 0 atom stereocenters. The molecule has 74 valence electrons. The second-order valence-corrected chi connectivity index (χ2v) is 3.63. The lowest BCUT2D eigenvalue weighted by Crippen LogP contribution is -1.93. The molecule has 1 aromatic heterocycles. The molecule has 0 amide bonds. The highest BCUT2D eigenvalue weighted by Gasteiger charge is 2.14. The van der Waals surface area contributed by atoms with Crippen molar-refractivity contribution in [3.05, 3.63) is 23.7 Å². The van der Waals surface area contributed by atoms with Gasteiger partial charge in [-0.05, 0) is 6.07 Å². The van der Waals surface area contributed by atoms with Gasteiger partial charge in [-0.3, -0.25) is 4.52 Å². The third kappa shape index (κ3) is 3.71. The van der Waals surface area contributed by atoms with Crippen molar-refractivity contribution in [3.63, 3.8) is 0 Å². The van der Waals surface area contributed by atoms with E-state index in [1.54, 1.807) is 6.07 Å². The molecule has 1 rings (SSSR count). The van der Waals surface area contributed by atoms with Crippen LogP contribution in [-0.2, 0) is 22.2 Å². The number of nitrogens with two attached hydrogens (primary N) is 1. The Kier molecular flexibility index (Phi) is 3.24.